The summed E-state index contributed by atoms with van der Waals surface area (Å²) in [4.78, 5) is 12.9. The first-order chi connectivity index (χ1) is 28.1. The second-order valence-electron chi connectivity index (χ2n) is 16.7. The van der Waals surface area contributed by atoms with Gasteiger partial charge in [-0.3, -0.25) is 9.35 Å². The number of aliphatic hydroxyl groups is 3. The number of rotatable bonds is 42. The van der Waals surface area contributed by atoms with Gasteiger partial charge in [-0.25, -0.2) is 4.18 Å². The molecule has 1 heterocycles. The van der Waals surface area contributed by atoms with Crippen molar-refractivity contribution < 1.29 is 56.2 Å². The molecule has 0 bridgehead atoms. The van der Waals surface area contributed by atoms with E-state index in [-0.39, 0.29) is 19.6 Å². The third-order valence-electron chi connectivity index (χ3n) is 11.2. The zero-order chi connectivity index (χ0) is 42.5. The summed E-state index contributed by atoms with van der Waals surface area (Å²) in [5.41, 5.74) is 0. The molecule has 6 atom stereocenters. The third kappa shape index (κ3) is 31.0. The van der Waals surface area contributed by atoms with Crippen LogP contribution in [0.25, 0.3) is 0 Å². The molecule has 0 saturated carbocycles. The first-order valence-corrected chi connectivity index (χ1v) is 25.2. The van der Waals surface area contributed by atoms with E-state index in [1.807, 2.05) is 0 Å². The number of hydrogen-bond acceptors (Lipinski definition) is 11. The summed E-state index contributed by atoms with van der Waals surface area (Å²) in [6.07, 6.45) is 29.9. The van der Waals surface area contributed by atoms with Crippen LogP contribution < -0.4 is 0 Å². The first-order valence-electron chi connectivity index (χ1n) is 23.8. The van der Waals surface area contributed by atoms with E-state index in [1.165, 1.54) is 154 Å². The molecule has 58 heavy (non-hydrogen) atoms. The van der Waals surface area contributed by atoms with Gasteiger partial charge in [0, 0.05) is 13.0 Å². The van der Waals surface area contributed by atoms with E-state index < -0.39 is 59.8 Å². The average molecular weight is 853 g/mol. The van der Waals surface area contributed by atoms with Crippen LogP contribution in [0, 0.1) is 0 Å². The highest BCUT2D eigenvalue weighted by atomic mass is 32.3. The highest BCUT2D eigenvalue weighted by Crippen LogP contribution is 2.26. The SMILES string of the molecule is CCCCCCCCCCCCCCCCCCOCC(COC1OC(CO)C(O)C(OS(=O)(=O)O)C1O)OC(=O)CCCCCCCCCCCCCCCCC. The van der Waals surface area contributed by atoms with Crippen molar-refractivity contribution in [1.82, 2.24) is 0 Å². The molecule has 346 valence electrons. The molecule has 0 aromatic heterocycles. The Morgan fingerprint density at radius 1 is 0.586 bits per heavy atom. The average Bonchev–Trinajstić information content (AvgIpc) is 3.19. The maximum atomic E-state index is 12.9. The summed E-state index contributed by atoms with van der Waals surface area (Å²) in [7, 11) is -5.06. The Bertz CT molecular complexity index is 1030. The molecule has 4 N–H and O–H groups in total. The summed E-state index contributed by atoms with van der Waals surface area (Å²) >= 11 is 0. The summed E-state index contributed by atoms with van der Waals surface area (Å²) in [6.45, 7) is 4.04. The second kappa shape index (κ2) is 37.8. The molecule has 1 aliphatic heterocycles. The Balaban J connectivity index is 2.39. The minimum atomic E-state index is -5.06. The van der Waals surface area contributed by atoms with Gasteiger partial charge >= 0.3 is 16.4 Å². The van der Waals surface area contributed by atoms with E-state index in [4.69, 9.17) is 23.5 Å². The Morgan fingerprint density at radius 2 is 0.983 bits per heavy atom. The lowest BCUT2D eigenvalue weighted by atomic mass is 9.99. The number of hydrogen-bond donors (Lipinski definition) is 4. The van der Waals surface area contributed by atoms with Gasteiger partial charge in [0.05, 0.1) is 19.8 Å². The lowest BCUT2D eigenvalue weighted by Crippen LogP contribution is -2.60. The zero-order valence-corrected chi connectivity index (χ0v) is 37.7. The lowest BCUT2D eigenvalue weighted by Gasteiger charge is -2.41. The number of ether oxygens (including phenoxy) is 4. The maximum absolute atomic E-state index is 12.9. The van der Waals surface area contributed by atoms with Crippen molar-refractivity contribution >= 4 is 16.4 Å². The molecule has 0 aliphatic carbocycles. The maximum Gasteiger partial charge on any atom is 0.397 e. The fourth-order valence-corrected chi connectivity index (χ4v) is 8.12. The standard InChI is InChI=1S/C45H88O12S/c1-3-5-7-9-11-13-15-17-19-21-23-25-27-29-31-33-35-53-37-39(38-54-45-43(49)44(57-58(50,51)52)42(48)40(36-46)56-45)55-41(47)34-32-30-28-26-24-22-20-18-16-14-12-10-8-6-4-2/h39-40,42-46,48-49H,3-38H2,1-2H3,(H,50,51,52). The summed E-state index contributed by atoms with van der Waals surface area (Å²) in [5.74, 6) is -0.393. The van der Waals surface area contributed by atoms with Crippen LogP contribution in [0.1, 0.15) is 219 Å². The van der Waals surface area contributed by atoms with Crippen LogP contribution in [-0.2, 0) is 38.3 Å². The van der Waals surface area contributed by atoms with Crippen molar-refractivity contribution in [3.8, 4) is 0 Å². The van der Waals surface area contributed by atoms with Crippen molar-refractivity contribution in [2.45, 2.75) is 256 Å². The van der Waals surface area contributed by atoms with Crippen LogP contribution in [0.3, 0.4) is 0 Å². The molecule has 0 spiro atoms. The molecule has 13 heteroatoms. The van der Waals surface area contributed by atoms with Crippen molar-refractivity contribution in [3.05, 3.63) is 0 Å². The minimum Gasteiger partial charge on any atom is -0.457 e. The summed E-state index contributed by atoms with van der Waals surface area (Å²) in [6, 6.07) is 0. The van der Waals surface area contributed by atoms with E-state index in [0.29, 0.717) is 13.0 Å². The second-order valence-corrected chi connectivity index (χ2v) is 17.8. The van der Waals surface area contributed by atoms with Gasteiger partial charge in [0.15, 0.2) is 6.29 Å². The van der Waals surface area contributed by atoms with Crippen LogP contribution >= 0.6 is 0 Å². The van der Waals surface area contributed by atoms with Crippen LogP contribution in [0.2, 0.25) is 0 Å². The van der Waals surface area contributed by atoms with Gasteiger partial charge in [0.1, 0.15) is 30.5 Å². The largest absolute Gasteiger partial charge is 0.457 e. The van der Waals surface area contributed by atoms with Crippen molar-refractivity contribution in [3.63, 3.8) is 0 Å². The van der Waals surface area contributed by atoms with E-state index >= 15 is 0 Å². The van der Waals surface area contributed by atoms with Crippen LogP contribution in [0.5, 0.6) is 0 Å². The molecule has 1 rings (SSSR count). The van der Waals surface area contributed by atoms with Gasteiger partial charge in [-0.05, 0) is 12.8 Å². The quantitative estimate of drug-likeness (QED) is 0.0260. The Labute approximate surface area is 354 Å². The monoisotopic (exact) mass is 853 g/mol. The molecule has 0 aromatic rings. The minimum absolute atomic E-state index is 0.0448. The highest BCUT2D eigenvalue weighted by molar-refractivity contribution is 7.80. The van der Waals surface area contributed by atoms with Crippen molar-refractivity contribution in [1.29, 1.82) is 0 Å². The smallest absolute Gasteiger partial charge is 0.397 e. The molecular formula is C45H88O12S. The van der Waals surface area contributed by atoms with E-state index in [0.717, 1.165) is 38.5 Å². The summed E-state index contributed by atoms with van der Waals surface area (Å²) < 4.78 is 59.1. The third-order valence-corrected chi connectivity index (χ3v) is 11.7. The molecule has 0 radical (unpaired) electrons. The topological polar surface area (TPSA) is 178 Å². The number of carbonyl (C=O) groups is 1. The van der Waals surface area contributed by atoms with Gasteiger partial charge in [-0.1, -0.05) is 200 Å². The van der Waals surface area contributed by atoms with E-state index in [2.05, 4.69) is 18.0 Å². The molecule has 1 saturated heterocycles. The number of aliphatic hydroxyl groups excluding tert-OH is 3. The number of unbranched alkanes of at least 4 members (excludes halogenated alkanes) is 29. The Kier molecular flexibility index (Phi) is 35.9. The van der Waals surface area contributed by atoms with Crippen LogP contribution in [-0.4, -0.2) is 97.5 Å². The molecule has 1 fully saturated rings. The van der Waals surface area contributed by atoms with Crippen LogP contribution in [0.4, 0.5) is 0 Å². The normalized spacial score (nSPS) is 20.4. The summed E-state index contributed by atoms with van der Waals surface area (Å²) in [5, 5.41) is 30.7. The first kappa shape index (κ1) is 55.1. The Hall–Kier alpha value is -0.900. The fourth-order valence-electron chi connectivity index (χ4n) is 7.62. The zero-order valence-electron chi connectivity index (χ0n) is 36.9. The molecule has 0 aromatic carbocycles. The number of carbonyl (C=O) groups excluding carboxylic acids is 1. The van der Waals surface area contributed by atoms with Crippen molar-refractivity contribution in [2.75, 3.05) is 26.4 Å². The predicted molar refractivity (Wildman–Crippen MR) is 230 cm³/mol. The number of esters is 1. The van der Waals surface area contributed by atoms with Gasteiger partial charge in [0.25, 0.3) is 0 Å². The van der Waals surface area contributed by atoms with Gasteiger partial charge in [-0.2, -0.15) is 8.42 Å². The molecule has 6 unspecified atom stereocenters. The van der Waals surface area contributed by atoms with E-state index in [9.17, 15) is 28.5 Å². The molecular weight excluding hydrogens is 765 g/mol. The molecule has 0 amide bonds. The van der Waals surface area contributed by atoms with Crippen molar-refractivity contribution in [2.24, 2.45) is 0 Å². The van der Waals surface area contributed by atoms with E-state index in [1.54, 1.807) is 0 Å². The van der Waals surface area contributed by atoms with Crippen LogP contribution in [0.15, 0.2) is 0 Å². The highest BCUT2D eigenvalue weighted by Gasteiger charge is 2.48. The van der Waals surface area contributed by atoms with Gasteiger partial charge in [0.2, 0.25) is 0 Å². The van der Waals surface area contributed by atoms with Gasteiger partial charge in [-0.15, -0.1) is 0 Å². The fraction of sp³-hybridized carbons (Fsp3) is 0.978. The molecule has 1 aliphatic rings. The lowest BCUT2D eigenvalue weighted by molar-refractivity contribution is -0.301. The van der Waals surface area contributed by atoms with Gasteiger partial charge < -0.3 is 34.3 Å². The predicted octanol–water partition coefficient (Wildman–Crippen LogP) is 10.1. The Morgan fingerprint density at radius 3 is 1.38 bits per heavy atom. The molecule has 12 nitrogen and oxygen atoms in total.